The van der Waals surface area contributed by atoms with Gasteiger partial charge in [-0.2, -0.15) is 0 Å². The van der Waals surface area contributed by atoms with Crippen LogP contribution in [0.4, 0.5) is 0 Å². The van der Waals surface area contributed by atoms with Crippen LogP contribution in [-0.2, 0) is 9.47 Å². The van der Waals surface area contributed by atoms with Gasteiger partial charge in [-0.15, -0.1) is 0 Å². The maximum absolute atomic E-state index is 9.44. The second-order valence-corrected chi connectivity index (χ2v) is 5.93. The fraction of sp³-hybridized carbons (Fsp3) is 1.00. The summed E-state index contributed by atoms with van der Waals surface area (Å²) in [5.74, 6) is 1.12. The van der Waals surface area contributed by atoms with Crippen LogP contribution in [0.25, 0.3) is 0 Å². The van der Waals surface area contributed by atoms with E-state index < -0.39 is 0 Å². The zero-order valence-electron chi connectivity index (χ0n) is 12.3. The van der Waals surface area contributed by atoms with Crippen LogP contribution in [0.5, 0.6) is 0 Å². The third-order valence-electron chi connectivity index (χ3n) is 4.85. The summed E-state index contributed by atoms with van der Waals surface area (Å²) < 4.78 is 11.2. The monoisotopic (exact) mass is 271 g/mol. The van der Waals surface area contributed by atoms with E-state index in [0.29, 0.717) is 24.5 Å². The van der Waals surface area contributed by atoms with Crippen LogP contribution in [0.2, 0.25) is 0 Å². The van der Waals surface area contributed by atoms with Gasteiger partial charge < -0.3 is 19.9 Å². The molecule has 2 aliphatic carbocycles. The van der Waals surface area contributed by atoms with Gasteiger partial charge in [-0.3, -0.25) is 0 Å². The molecule has 4 heteroatoms. The highest BCUT2D eigenvalue weighted by atomic mass is 16.5. The number of ether oxygens (including phenoxy) is 2. The third-order valence-corrected chi connectivity index (χ3v) is 4.85. The molecule has 0 radical (unpaired) electrons. The minimum absolute atomic E-state index is 0.191. The third kappa shape index (κ3) is 3.69. The molecule has 5 atom stereocenters. The smallest absolute Gasteiger partial charge is 0.0986 e. The Morgan fingerprint density at radius 1 is 1.21 bits per heavy atom. The van der Waals surface area contributed by atoms with Gasteiger partial charge in [-0.25, -0.2) is 0 Å². The quantitative estimate of drug-likeness (QED) is 0.738. The number of methoxy groups -OCH3 is 1. The fourth-order valence-electron chi connectivity index (χ4n) is 3.57. The lowest BCUT2D eigenvalue weighted by atomic mass is 9.78. The van der Waals surface area contributed by atoms with Gasteiger partial charge in [-0.05, 0) is 44.6 Å². The number of hydrogen-bond donors (Lipinski definition) is 2. The van der Waals surface area contributed by atoms with E-state index in [4.69, 9.17) is 9.47 Å². The summed E-state index contributed by atoms with van der Waals surface area (Å²) in [5.41, 5.74) is 0. The zero-order chi connectivity index (χ0) is 13.7. The molecular weight excluding hydrogens is 242 g/mol. The van der Waals surface area contributed by atoms with Crippen molar-refractivity contribution in [2.45, 2.75) is 57.3 Å². The summed E-state index contributed by atoms with van der Waals surface area (Å²) in [5, 5.41) is 13.1. The van der Waals surface area contributed by atoms with Crippen molar-refractivity contribution in [3.05, 3.63) is 0 Å². The average molecular weight is 271 g/mol. The van der Waals surface area contributed by atoms with Gasteiger partial charge in [0, 0.05) is 26.4 Å². The van der Waals surface area contributed by atoms with E-state index >= 15 is 0 Å². The van der Waals surface area contributed by atoms with Gasteiger partial charge in [-0.1, -0.05) is 12.8 Å². The van der Waals surface area contributed by atoms with Crippen molar-refractivity contribution >= 4 is 0 Å². The molecule has 4 nitrogen and oxygen atoms in total. The Hall–Kier alpha value is -0.160. The molecule has 2 N–H and O–H groups in total. The maximum atomic E-state index is 9.44. The molecule has 0 aromatic rings. The van der Waals surface area contributed by atoms with Crippen molar-refractivity contribution < 1.29 is 14.6 Å². The van der Waals surface area contributed by atoms with Gasteiger partial charge in [0.2, 0.25) is 0 Å². The molecule has 19 heavy (non-hydrogen) atoms. The fourth-order valence-corrected chi connectivity index (χ4v) is 3.57. The molecule has 2 fully saturated rings. The highest BCUT2D eigenvalue weighted by Crippen LogP contribution is 2.31. The molecule has 0 aromatic carbocycles. The molecule has 0 amide bonds. The summed E-state index contributed by atoms with van der Waals surface area (Å²) in [6.45, 7) is 4.13. The van der Waals surface area contributed by atoms with E-state index in [9.17, 15) is 5.11 Å². The van der Waals surface area contributed by atoms with E-state index in [2.05, 4.69) is 5.32 Å². The Morgan fingerprint density at radius 3 is 2.58 bits per heavy atom. The van der Waals surface area contributed by atoms with Gasteiger partial charge >= 0.3 is 0 Å². The first kappa shape index (κ1) is 15.2. The van der Waals surface area contributed by atoms with Crippen molar-refractivity contribution in [2.75, 3.05) is 26.9 Å². The molecule has 0 bridgehead atoms. The van der Waals surface area contributed by atoms with Crippen LogP contribution >= 0.6 is 0 Å². The SMILES string of the molecule is CCOC1CC(NCC2CCCCC2CO)C1OC. The van der Waals surface area contributed by atoms with E-state index in [1.807, 2.05) is 6.92 Å². The second-order valence-electron chi connectivity index (χ2n) is 5.93. The molecule has 0 aliphatic heterocycles. The summed E-state index contributed by atoms with van der Waals surface area (Å²) in [4.78, 5) is 0. The Bertz CT molecular complexity index is 262. The Balaban J connectivity index is 1.73. The number of aliphatic hydroxyl groups is 1. The molecule has 2 aliphatic rings. The van der Waals surface area contributed by atoms with E-state index in [0.717, 1.165) is 19.6 Å². The molecule has 112 valence electrons. The van der Waals surface area contributed by atoms with Crippen molar-refractivity contribution in [3.8, 4) is 0 Å². The summed E-state index contributed by atoms with van der Waals surface area (Å²) in [7, 11) is 1.77. The van der Waals surface area contributed by atoms with Crippen LogP contribution < -0.4 is 5.32 Å². The Morgan fingerprint density at radius 2 is 1.95 bits per heavy atom. The van der Waals surface area contributed by atoms with Crippen LogP contribution in [-0.4, -0.2) is 50.2 Å². The minimum atomic E-state index is 0.191. The molecule has 0 aromatic heterocycles. The molecule has 0 heterocycles. The van der Waals surface area contributed by atoms with Crippen LogP contribution in [0.3, 0.4) is 0 Å². The molecule has 2 rings (SSSR count). The molecular formula is C15H29NO3. The summed E-state index contributed by atoms with van der Waals surface area (Å²) in [6.07, 6.45) is 6.51. The highest BCUT2D eigenvalue weighted by Gasteiger charge is 2.42. The molecule has 0 saturated heterocycles. The normalized spacial score (nSPS) is 39.0. The van der Waals surface area contributed by atoms with Gasteiger partial charge in [0.1, 0.15) is 0 Å². The topological polar surface area (TPSA) is 50.7 Å². The first-order valence-electron chi connectivity index (χ1n) is 7.78. The number of hydrogen-bond acceptors (Lipinski definition) is 4. The summed E-state index contributed by atoms with van der Waals surface area (Å²) in [6, 6.07) is 0.419. The number of nitrogens with one attached hydrogen (secondary N) is 1. The molecule has 2 saturated carbocycles. The maximum Gasteiger partial charge on any atom is 0.0986 e. The van der Waals surface area contributed by atoms with E-state index in [1.165, 1.54) is 25.7 Å². The standard InChI is InChI=1S/C15H29NO3/c1-3-19-14-8-13(15(14)18-2)16-9-11-6-4-5-7-12(11)10-17/h11-17H,3-10H2,1-2H3. The van der Waals surface area contributed by atoms with Gasteiger partial charge in [0.05, 0.1) is 12.2 Å². The van der Waals surface area contributed by atoms with Crippen molar-refractivity contribution in [1.82, 2.24) is 5.32 Å². The minimum Gasteiger partial charge on any atom is -0.396 e. The van der Waals surface area contributed by atoms with Crippen LogP contribution in [0, 0.1) is 11.8 Å². The predicted molar refractivity (Wildman–Crippen MR) is 75.2 cm³/mol. The number of aliphatic hydroxyl groups excluding tert-OH is 1. The zero-order valence-corrected chi connectivity index (χ0v) is 12.3. The van der Waals surface area contributed by atoms with Crippen LogP contribution in [0.15, 0.2) is 0 Å². The second kappa shape index (κ2) is 7.58. The largest absolute Gasteiger partial charge is 0.396 e. The lowest BCUT2D eigenvalue weighted by Gasteiger charge is -2.44. The summed E-state index contributed by atoms with van der Waals surface area (Å²) >= 11 is 0. The van der Waals surface area contributed by atoms with E-state index in [1.54, 1.807) is 7.11 Å². The van der Waals surface area contributed by atoms with Crippen LogP contribution in [0.1, 0.15) is 39.0 Å². The van der Waals surface area contributed by atoms with Gasteiger partial charge in [0.15, 0.2) is 0 Å². The lowest BCUT2D eigenvalue weighted by molar-refractivity contribution is -0.132. The number of rotatable bonds is 7. The highest BCUT2D eigenvalue weighted by molar-refractivity contribution is 4.97. The Labute approximate surface area is 116 Å². The first-order chi connectivity index (χ1) is 9.30. The average Bonchev–Trinajstić information content (AvgIpc) is 2.42. The van der Waals surface area contributed by atoms with Gasteiger partial charge in [0.25, 0.3) is 0 Å². The lowest BCUT2D eigenvalue weighted by Crippen LogP contribution is -2.60. The predicted octanol–water partition coefficient (Wildman–Crippen LogP) is 1.57. The Kier molecular flexibility index (Phi) is 6.07. The first-order valence-corrected chi connectivity index (χ1v) is 7.78. The van der Waals surface area contributed by atoms with Crippen molar-refractivity contribution in [2.24, 2.45) is 11.8 Å². The van der Waals surface area contributed by atoms with Crippen molar-refractivity contribution in [1.29, 1.82) is 0 Å². The molecule has 5 unspecified atom stereocenters. The van der Waals surface area contributed by atoms with Crippen molar-refractivity contribution in [3.63, 3.8) is 0 Å². The molecule has 0 spiro atoms. The van der Waals surface area contributed by atoms with E-state index in [-0.39, 0.29) is 12.2 Å².